The number of thiazole rings is 1. The summed E-state index contributed by atoms with van der Waals surface area (Å²) in [4.78, 5) is 20.1. The molecule has 1 aromatic heterocycles. The van der Waals surface area contributed by atoms with Gasteiger partial charge in [-0.05, 0) is 26.7 Å². The first-order valence-corrected chi connectivity index (χ1v) is 8.80. The van der Waals surface area contributed by atoms with Gasteiger partial charge in [0.25, 0.3) is 0 Å². The smallest absolute Gasteiger partial charge is 0.224 e. The van der Waals surface area contributed by atoms with Crippen LogP contribution in [0.5, 0.6) is 0 Å². The first-order chi connectivity index (χ1) is 9.95. The molecule has 1 amide bonds. The number of nitrogens with zero attached hydrogens (tertiary/aromatic N) is 2. The average molecular weight is 307 g/mol. The summed E-state index contributed by atoms with van der Waals surface area (Å²) in [5, 5.41) is 4.85. The molecule has 1 aliphatic carbocycles. The van der Waals surface area contributed by atoms with Crippen molar-refractivity contribution in [2.45, 2.75) is 71.0 Å². The maximum Gasteiger partial charge on any atom is 0.224 e. The Morgan fingerprint density at radius 2 is 2.05 bits per heavy atom. The summed E-state index contributed by atoms with van der Waals surface area (Å²) in [7, 11) is 0. The fourth-order valence-electron chi connectivity index (χ4n) is 3.09. The Morgan fingerprint density at radius 3 is 2.62 bits per heavy atom. The van der Waals surface area contributed by atoms with Gasteiger partial charge in [0.15, 0.2) is 0 Å². The summed E-state index contributed by atoms with van der Waals surface area (Å²) in [5.74, 6) is 0.805. The third-order valence-electron chi connectivity index (χ3n) is 4.37. The SMILES string of the molecule is Cc1nc(C(C)C)sc1[C@H](C)N[C@@H]1CC(=O)N(C2CC2)C1. The van der Waals surface area contributed by atoms with E-state index in [9.17, 15) is 4.79 Å². The fourth-order valence-corrected chi connectivity index (χ4v) is 4.17. The van der Waals surface area contributed by atoms with Crippen LogP contribution in [0.15, 0.2) is 0 Å². The molecule has 2 fully saturated rings. The van der Waals surface area contributed by atoms with E-state index in [4.69, 9.17) is 0 Å². The number of hydrogen-bond donors (Lipinski definition) is 1. The van der Waals surface area contributed by atoms with Crippen molar-refractivity contribution in [1.29, 1.82) is 0 Å². The zero-order valence-corrected chi connectivity index (χ0v) is 14.2. The maximum absolute atomic E-state index is 12.0. The van der Waals surface area contributed by atoms with E-state index in [1.165, 1.54) is 22.7 Å². The summed E-state index contributed by atoms with van der Waals surface area (Å²) in [5.41, 5.74) is 1.13. The number of carbonyl (C=O) groups excluding carboxylic acids is 1. The van der Waals surface area contributed by atoms with Crippen molar-refractivity contribution in [2.75, 3.05) is 6.54 Å². The Morgan fingerprint density at radius 1 is 1.33 bits per heavy atom. The van der Waals surface area contributed by atoms with Gasteiger partial charge >= 0.3 is 0 Å². The fraction of sp³-hybridized carbons (Fsp3) is 0.750. The first kappa shape index (κ1) is 15.0. The van der Waals surface area contributed by atoms with Gasteiger partial charge in [0.1, 0.15) is 0 Å². The highest BCUT2D eigenvalue weighted by molar-refractivity contribution is 7.11. The molecule has 21 heavy (non-hydrogen) atoms. The topological polar surface area (TPSA) is 45.2 Å². The summed E-state index contributed by atoms with van der Waals surface area (Å²) in [6.07, 6.45) is 3.04. The van der Waals surface area contributed by atoms with E-state index in [1.807, 2.05) is 11.3 Å². The van der Waals surface area contributed by atoms with Gasteiger partial charge < -0.3 is 10.2 Å². The molecule has 1 aliphatic heterocycles. The normalized spacial score (nSPS) is 24.1. The second-order valence-electron chi connectivity index (χ2n) is 6.72. The molecule has 5 heteroatoms. The first-order valence-electron chi connectivity index (χ1n) is 7.98. The molecule has 0 bridgehead atoms. The van der Waals surface area contributed by atoms with Crippen molar-refractivity contribution in [1.82, 2.24) is 15.2 Å². The van der Waals surface area contributed by atoms with Crippen molar-refractivity contribution in [2.24, 2.45) is 0 Å². The van der Waals surface area contributed by atoms with Gasteiger partial charge in [-0.1, -0.05) is 13.8 Å². The van der Waals surface area contributed by atoms with Crippen molar-refractivity contribution >= 4 is 17.2 Å². The van der Waals surface area contributed by atoms with Crippen LogP contribution in [0.25, 0.3) is 0 Å². The lowest BCUT2D eigenvalue weighted by Crippen LogP contribution is -2.35. The minimum absolute atomic E-state index is 0.270. The predicted octanol–water partition coefficient (Wildman–Crippen LogP) is 2.99. The van der Waals surface area contributed by atoms with Gasteiger partial charge in [-0.25, -0.2) is 4.98 Å². The Labute approximate surface area is 130 Å². The quantitative estimate of drug-likeness (QED) is 0.909. The number of rotatable bonds is 5. The van der Waals surface area contributed by atoms with Crippen molar-refractivity contribution in [3.8, 4) is 0 Å². The molecule has 0 aromatic carbocycles. The van der Waals surface area contributed by atoms with Crippen LogP contribution in [0.3, 0.4) is 0 Å². The van der Waals surface area contributed by atoms with E-state index in [1.54, 1.807) is 0 Å². The highest BCUT2D eigenvalue weighted by Crippen LogP contribution is 2.33. The zero-order valence-electron chi connectivity index (χ0n) is 13.3. The number of hydrogen-bond acceptors (Lipinski definition) is 4. The van der Waals surface area contributed by atoms with Gasteiger partial charge in [-0.15, -0.1) is 11.3 Å². The second-order valence-corrected chi connectivity index (χ2v) is 7.79. The van der Waals surface area contributed by atoms with Crippen LogP contribution in [0.1, 0.15) is 67.6 Å². The molecule has 2 heterocycles. The minimum atomic E-state index is 0.270. The third kappa shape index (κ3) is 3.14. The Bertz CT molecular complexity index is 536. The van der Waals surface area contributed by atoms with Gasteiger partial charge in [0, 0.05) is 41.9 Å². The van der Waals surface area contributed by atoms with Gasteiger partial charge in [0.2, 0.25) is 5.91 Å². The molecular weight excluding hydrogens is 282 g/mol. The molecule has 116 valence electrons. The zero-order chi connectivity index (χ0) is 15.1. The summed E-state index contributed by atoms with van der Waals surface area (Å²) < 4.78 is 0. The van der Waals surface area contributed by atoms with E-state index < -0.39 is 0 Å². The predicted molar refractivity (Wildman–Crippen MR) is 85.6 cm³/mol. The highest BCUT2D eigenvalue weighted by atomic mass is 32.1. The Hall–Kier alpha value is -0.940. The van der Waals surface area contributed by atoms with Crippen LogP contribution < -0.4 is 5.32 Å². The average Bonchev–Trinajstić information content (AvgIpc) is 3.08. The molecule has 1 N–H and O–H groups in total. The molecule has 2 atom stereocenters. The van der Waals surface area contributed by atoms with E-state index in [-0.39, 0.29) is 12.1 Å². The number of carbonyl (C=O) groups is 1. The maximum atomic E-state index is 12.0. The number of nitrogens with one attached hydrogen (secondary N) is 1. The van der Waals surface area contributed by atoms with Crippen molar-refractivity contribution in [3.63, 3.8) is 0 Å². The number of amides is 1. The molecule has 2 aliphatic rings. The van der Waals surface area contributed by atoms with Gasteiger partial charge in [-0.2, -0.15) is 0 Å². The minimum Gasteiger partial charge on any atom is -0.338 e. The van der Waals surface area contributed by atoms with Crippen molar-refractivity contribution < 1.29 is 4.79 Å². The lowest BCUT2D eigenvalue weighted by atomic mass is 10.2. The standard InChI is InChI=1S/C16H25N3OS/c1-9(2)16-18-11(4)15(21-16)10(3)17-12-7-14(20)19(8-12)13-5-6-13/h9-10,12-13,17H,5-8H2,1-4H3/t10-,12+/m0/s1. The van der Waals surface area contributed by atoms with Crippen LogP contribution >= 0.6 is 11.3 Å². The van der Waals surface area contributed by atoms with Gasteiger partial charge in [0.05, 0.1) is 10.7 Å². The number of aryl methyl sites for hydroxylation is 1. The molecule has 0 radical (unpaired) electrons. The van der Waals surface area contributed by atoms with E-state index >= 15 is 0 Å². The van der Waals surface area contributed by atoms with Crippen LogP contribution in [-0.4, -0.2) is 34.4 Å². The molecular formula is C16H25N3OS. The number of likely N-dealkylation sites (tertiary alicyclic amines) is 1. The number of aromatic nitrogens is 1. The molecule has 0 unspecified atom stereocenters. The second kappa shape index (κ2) is 5.69. The Balaban J connectivity index is 1.63. The molecule has 0 spiro atoms. The lowest BCUT2D eigenvalue weighted by Gasteiger charge is -2.19. The third-order valence-corrected chi connectivity index (χ3v) is 6.01. The molecule has 1 saturated heterocycles. The van der Waals surface area contributed by atoms with Crippen LogP contribution in [-0.2, 0) is 4.79 Å². The molecule has 1 saturated carbocycles. The van der Waals surface area contributed by atoms with Crippen LogP contribution in [0.2, 0.25) is 0 Å². The summed E-state index contributed by atoms with van der Waals surface area (Å²) in [6.45, 7) is 9.52. The molecule has 3 rings (SSSR count). The van der Waals surface area contributed by atoms with Gasteiger partial charge in [-0.3, -0.25) is 4.79 Å². The highest BCUT2D eigenvalue weighted by Gasteiger charge is 2.39. The van der Waals surface area contributed by atoms with Crippen molar-refractivity contribution in [3.05, 3.63) is 15.6 Å². The van der Waals surface area contributed by atoms with E-state index in [0.717, 1.165) is 12.2 Å². The Kier molecular flexibility index (Phi) is 4.06. The summed E-state index contributed by atoms with van der Waals surface area (Å²) >= 11 is 1.81. The lowest BCUT2D eigenvalue weighted by molar-refractivity contribution is -0.128. The largest absolute Gasteiger partial charge is 0.338 e. The monoisotopic (exact) mass is 307 g/mol. The summed E-state index contributed by atoms with van der Waals surface area (Å²) in [6, 6.07) is 1.10. The van der Waals surface area contributed by atoms with E-state index in [0.29, 0.717) is 24.3 Å². The van der Waals surface area contributed by atoms with E-state index in [2.05, 4.69) is 42.9 Å². The molecule has 4 nitrogen and oxygen atoms in total. The van der Waals surface area contributed by atoms with Crippen LogP contribution in [0, 0.1) is 6.92 Å². The molecule has 1 aromatic rings. The van der Waals surface area contributed by atoms with Crippen LogP contribution in [0.4, 0.5) is 0 Å².